The van der Waals surface area contributed by atoms with Gasteiger partial charge < -0.3 is 31.2 Å². The molecule has 3 heterocycles. The Morgan fingerprint density at radius 3 is 2.76 bits per heavy atom. The first-order valence-corrected chi connectivity index (χ1v) is 11.0. The van der Waals surface area contributed by atoms with Crippen LogP contribution in [0.4, 0.5) is 4.79 Å². The van der Waals surface area contributed by atoms with Gasteiger partial charge in [-0.2, -0.15) is 11.8 Å². The van der Waals surface area contributed by atoms with E-state index in [1.165, 1.54) is 12.8 Å². The summed E-state index contributed by atoms with van der Waals surface area (Å²) in [5.74, 6) is 0.873. The van der Waals surface area contributed by atoms with Crippen LogP contribution in [0.1, 0.15) is 12.8 Å². The molecule has 156 valence electrons. The minimum atomic E-state index is -0.965. The number of carbonyl (C=O) groups excluding carboxylic acids is 3. The Balaban J connectivity index is 1.49. The fourth-order valence-electron chi connectivity index (χ4n) is 5.00. The molecule has 2 aliphatic carbocycles. The lowest BCUT2D eigenvalue weighted by atomic mass is 9.82. The van der Waals surface area contributed by atoms with Crippen molar-refractivity contribution in [3.05, 3.63) is 22.5 Å². The van der Waals surface area contributed by atoms with Crippen LogP contribution < -0.4 is 16.8 Å². The number of nitrogens with one attached hydrogen (secondary N) is 1. The van der Waals surface area contributed by atoms with Crippen LogP contribution in [0.5, 0.6) is 0 Å². The molecule has 9 nitrogen and oxygen atoms in total. The third-order valence-electron chi connectivity index (χ3n) is 6.63. The molecule has 5 N–H and O–H groups in total. The van der Waals surface area contributed by atoms with Gasteiger partial charge in [-0.1, -0.05) is 0 Å². The van der Waals surface area contributed by atoms with Crippen LogP contribution >= 0.6 is 11.8 Å². The molecule has 1 saturated carbocycles. The number of rotatable bonds is 7. The molecule has 0 aromatic carbocycles. The molecule has 4 atom stereocenters. The van der Waals surface area contributed by atoms with Crippen LogP contribution in [0.3, 0.4) is 0 Å². The van der Waals surface area contributed by atoms with Gasteiger partial charge in [0, 0.05) is 36.6 Å². The number of hydrogen-bond donors (Lipinski definition) is 3. The minimum Gasteiger partial charge on any atom is -0.449 e. The number of amides is 1. The first-order valence-electron chi connectivity index (χ1n) is 9.81. The van der Waals surface area contributed by atoms with Crippen LogP contribution in [0.15, 0.2) is 22.5 Å². The number of fused-ring (bicyclic) bond motifs is 4. The second-order valence-electron chi connectivity index (χ2n) is 8.27. The zero-order valence-electron chi connectivity index (χ0n) is 16.1. The van der Waals surface area contributed by atoms with Crippen molar-refractivity contribution in [1.82, 2.24) is 10.2 Å². The molecular formula is C19H24N4O5S. The van der Waals surface area contributed by atoms with Gasteiger partial charge in [0.15, 0.2) is 5.72 Å². The van der Waals surface area contributed by atoms with E-state index in [1.54, 1.807) is 18.9 Å². The third-order valence-corrected chi connectivity index (χ3v) is 7.83. The predicted octanol–water partition coefficient (Wildman–Crippen LogP) is -0.528. The number of Topliss-reactive ketones (excluding diaryl/α,β-unsaturated/α-hetero) is 2. The van der Waals surface area contributed by atoms with Crippen molar-refractivity contribution in [3.8, 4) is 0 Å². The molecule has 3 fully saturated rings. The van der Waals surface area contributed by atoms with E-state index >= 15 is 0 Å². The zero-order chi connectivity index (χ0) is 20.5. The van der Waals surface area contributed by atoms with Crippen molar-refractivity contribution in [2.24, 2.45) is 23.3 Å². The highest BCUT2D eigenvalue weighted by Gasteiger charge is 2.72. The zero-order valence-corrected chi connectivity index (χ0v) is 16.9. The fraction of sp³-hybridized carbons (Fsp3) is 0.632. The van der Waals surface area contributed by atoms with Crippen LogP contribution in [-0.2, 0) is 19.1 Å². The molecule has 10 heteroatoms. The van der Waals surface area contributed by atoms with Gasteiger partial charge in [-0.05, 0) is 24.5 Å². The molecule has 1 amide bonds. The maximum atomic E-state index is 13.4. The minimum absolute atomic E-state index is 0.00569. The normalized spacial score (nSPS) is 35.1. The van der Waals surface area contributed by atoms with Crippen LogP contribution in [-0.4, -0.2) is 72.1 Å². The van der Waals surface area contributed by atoms with Crippen molar-refractivity contribution < 1.29 is 23.9 Å². The summed E-state index contributed by atoms with van der Waals surface area (Å²) in [7, 11) is 1.54. The lowest BCUT2D eigenvalue weighted by Gasteiger charge is -2.39. The van der Waals surface area contributed by atoms with E-state index in [9.17, 15) is 14.4 Å². The van der Waals surface area contributed by atoms with E-state index in [-0.39, 0.29) is 41.5 Å². The number of methoxy groups -OCH3 is 1. The van der Waals surface area contributed by atoms with E-state index in [0.29, 0.717) is 29.5 Å². The molecule has 2 saturated heterocycles. The molecule has 3 aliphatic heterocycles. The van der Waals surface area contributed by atoms with Crippen molar-refractivity contribution in [2.45, 2.75) is 30.7 Å². The van der Waals surface area contributed by atoms with Gasteiger partial charge in [0.2, 0.25) is 11.6 Å². The summed E-state index contributed by atoms with van der Waals surface area (Å²) in [6.45, 7) is 0.396. The van der Waals surface area contributed by atoms with E-state index in [0.717, 1.165) is 5.75 Å². The second-order valence-corrected chi connectivity index (χ2v) is 9.30. The Bertz CT molecular complexity index is 882. The summed E-state index contributed by atoms with van der Waals surface area (Å²) in [4.78, 5) is 39.8. The number of allylic oxidation sites excluding steroid dienone is 2. The van der Waals surface area contributed by atoms with Crippen molar-refractivity contribution in [2.75, 3.05) is 31.8 Å². The predicted molar refractivity (Wildman–Crippen MR) is 104 cm³/mol. The van der Waals surface area contributed by atoms with Crippen molar-refractivity contribution in [3.63, 3.8) is 0 Å². The lowest BCUT2D eigenvalue weighted by Crippen LogP contribution is -2.55. The Hall–Kier alpha value is -2.04. The maximum Gasteiger partial charge on any atom is 0.404 e. The largest absolute Gasteiger partial charge is 0.449 e. The average Bonchev–Trinajstić information content (AvgIpc) is 3.60. The van der Waals surface area contributed by atoms with Crippen molar-refractivity contribution >= 4 is 29.4 Å². The van der Waals surface area contributed by atoms with Crippen molar-refractivity contribution in [1.29, 1.82) is 0 Å². The summed E-state index contributed by atoms with van der Waals surface area (Å²) >= 11 is 1.65. The molecule has 0 unspecified atom stereocenters. The molecule has 0 aromatic rings. The summed E-state index contributed by atoms with van der Waals surface area (Å²) in [5, 5.41) is 3.33. The fourth-order valence-corrected chi connectivity index (χ4v) is 6.27. The second kappa shape index (κ2) is 6.48. The monoisotopic (exact) mass is 420 g/mol. The molecule has 0 bridgehead atoms. The molecule has 0 aromatic heterocycles. The SMILES string of the molecule is CO[C@@]12[C@H](COC(N)=O)C3=C(C(=O)C(CSCC4CC4)=C(N)C3=O)N1C[C@@H]1N[C@@H]12. The van der Waals surface area contributed by atoms with Crippen LogP contribution in [0.2, 0.25) is 0 Å². The maximum absolute atomic E-state index is 13.4. The summed E-state index contributed by atoms with van der Waals surface area (Å²) < 4.78 is 11.0. The highest BCUT2D eigenvalue weighted by molar-refractivity contribution is 7.99. The first kappa shape index (κ1) is 19.0. The first-order chi connectivity index (χ1) is 13.9. The number of carbonyl (C=O) groups is 3. The van der Waals surface area contributed by atoms with Gasteiger partial charge in [0.1, 0.15) is 6.61 Å². The summed E-state index contributed by atoms with van der Waals surface area (Å²) in [6.07, 6.45) is 1.52. The number of ether oxygens (including phenoxy) is 2. The molecule has 5 aliphatic rings. The number of nitrogens with zero attached hydrogens (tertiary/aromatic N) is 1. The molecule has 29 heavy (non-hydrogen) atoms. The molecule has 0 spiro atoms. The van der Waals surface area contributed by atoms with Crippen LogP contribution in [0, 0.1) is 11.8 Å². The summed E-state index contributed by atoms with van der Waals surface area (Å²) in [6, 6.07) is 0.105. The Morgan fingerprint density at radius 1 is 1.34 bits per heavy atom. The molecular weight excluding hydrogens is 396 g/mol. The third kappa shape index (κ3) is 2.65. The van der Waals surface area contributed by atoms with Gasteiger partial charge in [-0.3, -0.25) is 9.59 Å². The van der Waals surface area contributed by atoms with Gasteiger partial charge >= 0.3 is 6.09 Å². The highest BCUT2D eigenvalue weighted by Crippen LogP contribution is 2.55. The number of piperazine rings is 1. The Labute approximate surface area is 172 Å². The standard InChI is InChI=1S/C19H24N4O5S/c1-27-19-10(5-28-18(21)26)12-14(23(19)4-11-17(19)22-11)15(24)9(13(20)16(12)25)7-29-6-8-2-3-8/h8,10-11,17,22H,2-7,20H2,1H3,(H2,21,26)/t10-,11+,17+,19-/m1/s1. The number of nitrogens with two attached hydrogens (primary N) is 2. The number of primary amides is 1. The van der Waals surface area contributed by atoms with Gasteiger partial charge in [-0.15, -0.1) is 0 Å². The van der Waals surface area contributed by atoms with E-state index in [4.69, 9.17) is 20.9 Å². The van der Waals surface area contributed by atoms with E-state index < -0.39 is 17.7 Å². The summed E-state index contributed by atoms with van der Waals surface area (Å²) in [5.41, 5.74) is 11.3. The topological polar surface area (TPSA) is 147 Å². The lowest BCUT2D eigenvalue weighted by molar-refractivity contribution is -0.137. The van der Waals surface area contributed by atoms with Crippen LogP contribution in [0.25, 0.3) is 0 Å². The Kier molecular flexibility index (Phi) is 4.24. The average molecular weight is 420 g/mol. The van der Waals surface area contributed by atoms with E-state index in [2.05, 4.69) is 5.32 Å². The number of ketones is 2. The number of hydrogen-bond acceptors (Lipinski definition) is 9. The van der Waals surface area contributed by atoms with Gasteiger partial charge in [0.05, 0.1) is 23.4 Å². The van der Waals surface area contributed by atoms with Gasteiger partial charge in [-0.25, -0.2) is 4.79 Å². The van der Waals surface area contributed by atoms with E-state index in [1.807, 2.05) is 4.90 Å². The molecule has 0 radical (unpaired) electrons. The smallest absolute Gasteiger partial charge is 0.404 e. The highest BCUT2D eigenvalue weighted by atomic mass is 32.2. The Morgan fingerprint density at radius 2 is 2.10 bits per heavy atom. The number of thioether (sulfide) groups is 1. The molecule has 5 rings (SSSR count). The van der Waals surface area contributed by atoms with Gasteiger partial charge in [0.25, 0.3) is 0 Å². The quantitative estimate of drug-likeness (QED) is 0.365.